The van der Waals surface area contributed by atoms with Gasteiger partial charge >= 0.3 is 12.1 Å². The Bertz CT molecular complexity index is 888. The van der Waals surface area contributed by atoms with E-state index in [0.717, 1.165) is 32.1 Å². The summed E-state index contributed by atoms with van der Waals surface area (Å²) in [5.41, 5.74) is 1.22. The van der Waals surface area contributed by atoms with Crippen LogP contribution in [0.1, 0.15) is 55.0 Å². The predicted octanol–water partition coefficient (Wildman–Crippen LogP) is 4.98. The number of nitrogens with one attached hydrogen (secondary N) is 1. The van der Waals surface area contributed by atoms with Gasteiger partial charge in [0.05, 0.1) is 6.26 Å². The van der Waals surface area contributed by atoms with E-state index in [4.69, 9.17) is 4.42 Å². The highest BCUT2D eigenvalue weighted by Crippen LogP contribution is 2.36. The van der Waals surface area contributed by atoms with E-state index in [-0.39, 0.29) is 17.5 Å². The van der Waals surface area contributed by atoms with Gasteiger partial charge in [0.1, 0.15) is 5.76 Å². The number of halogens is 3. The second-order valence-electron chi connectivity index (χ2n) is 7.65. The van der Waals surface area contributed by atoms with Crippen molar-refractivity contribution in [1.29, 1.82) is 0 Å². The van der Waals surface area contributed by atoms with E-state index in [0.29, 0.717) is 16.0 Å². The summed E-state index contributed by atoms with van der Waals surface area (Å²) in [4.78, 5) is 26.3. The van der Waals surface area contributed by atoms with E-state index >= 15 is 0 Å². The standard InChI is InChI=1S/C22H25F3N2O3/c1-14-8-6-11-17(15(14)2)27(21(29)22(23,24)25)19(18-12-7-13-30-18)20(28)26-16-9-4-3-5-10-16/h6-8,11-13,16,19H,3-5,9-10H2,1-2H3,(H,26,28)/t19-/m1/s1. The first-order valence-electron chi connectivity index (χ1n) is 10.0. The molecule has 0 spiro atoms. The van der Waals surface area contributed by atoms with Gasteiger partial charge in [-0.05, 0) is 56.0 Å². The molecule has 1 aliphatic rings. The number of hydrogen-bond acceptors (Lipinski definition) is 3. The van der Waals surface area contributed by atoms with Crippen LogP contribution in [0.25, 0.3) is 0 Å². The van der Waals surface area contributed by atoms with Crippen LogP contribution in [0.2, 0.25) is 0 Å². The highest BCUT2D eigenvalue weighted by atomic mass is 19.4. The molecule has 1 aromatic carbocycles. The molecule has 0 saturated heterocycles. The largest absolute Gasteiger partial charge is 0.471 e. The van der Waals surface area contributed by atoms with Crippen LogP contribution in [0.4, 0.5) is 18.9 Å². The van der Waals surface area contributed by atoms with Crippen LogP contribution in [0.5, 0.6) is 0 Å². The van der Waals surface area contributed by atoms with E-state index in [1.165, 1.54) is 24.5 Å². The van der Waals surface area contributed by atoms with Gasteiger partial charge in [-0.15, -0.1) is 0 Å². The van der Waals surface area contributed by atoms with E-state index in [1.807, 2.05) is 0 Å². The van der Waals surface area contributed by atoms with E-state index in [1.54, 1.807) is 26.0 Å². The third-order valence-electron chi connectivity index (χ3n) is 5.57. The molecule has 30 heavy (non-hydrogen) atoms. The van der Waals surface area contributed by atoms with E-state index in [2.05, 4.69) is 5.32 Å². The average molecular weight is 422 g/mol. The molecule has 8 heteroatoms. The molecule has 1 fully saturated rings. The minimum Gasteiger partial charge on any atom is -0.467 e. The summed E-state index contributed by atoms with van der Waals surface area (Å²) in [5, 5.41) is 2.84. The number of carbonyl (C=O) groups excluding carboxylic acids is 2. The molecule has 0 aliphatic heterocycles. The summed E-state index contributed by atoms with van der Waals surface area (Å²) in [7, 11) is 0. The van der Waals surface area contributed by atoms with Crippen LogP contribution in [0.15, 0.2) is 41.0 Å². The molecule has 3 rings (SSSR count). The average Bonchev–Trinajstić information content (AvgIpc) is 3.22. The van der Waals surface area contributed by atoms with Crippen molar-refractivity contribution in [3.05, 3.63) is 53.5 Å². The van der Waals surface area contributed by atoms with Gasteiger partial charge in [0, 0.05) is 11.7 Å². The molecule has 5 nitrogen and oxygen atoms in total. The number of nitrogens with zero attached hydrogens (tertiary/aromatic N) is 1. The van der Waals surface area contributed by atoms with Crippen molar-refractivity contribution in [2.24, 2.45) is 0 Å². The number of hydrogen-bond donors (Lipinski definition) is 1. The summed E-state index contributed by atoms with van der Waals surface area (Å²) >= 11 is 0. The number of aryl methyl sites for hydroxylation is 1. The zero-order valence-electron chi connectivity index (χ0n) is 17.0. The number of alkyl halides is 3. The van der Waals surface area contributed by atoms with Crippen LogP contribution in [-0.4, -0.2) is 24.0 Å². The zero-order valence-corrected chi connectivity index (χ0v) is 17.0. The van der Waals surface area contributed by atoms with Crippen LogP contribution < -0.4 is 10.2 Å². The molecule has 2 aromatic rings. The van der Waals surface area contributed by atoms with Crippen LogP contribution in [0.3, 0.4) is 0 Å². The van der Waals surface area contributed by atoms with Crippen molar-refractivity contribution in [1.82, 2.24) is 5.32 Å². The first kappa shape index (κ1) is 21.9. The monoisotopic (exact) mass is 422 g/mol. The van der Waals surface area contributed by atoms with Gasteiger partial charge < -0.3 is 9.73 Å². The summed E-state index contributed by atoms with van der Waals surface area (Å²) in [6, 6.07) is 5.89. The van der Waals surface area contributed by atoms with Gasteiger partial charge in [-0.3, -0.25) is 14.5 Å². The Balaban J connectivity index is 2.08. The number of anilines is 1. The number of carbonyl (C=O) groups is 2. The van der Waals surface area contributed by atoms with E-state index in [9.17, 15) is 22.8 Å². The maximum absolute atomic E-state index is 13.6. The minimum atomic E-state index is -5.16. The Morgan fingerprint density at radius 3 is 2.40 bits per heavy atom. The molecular weight excluding hydrogens is 397 g/mol. The Hall–Kier alpha value is -2.77. The van der Waals surface area contributed by atoms with Gasteiger partial charge in [0.2, 0.25) is 0 Å². The van der Waals surface area contributed by atoms with Crippen molar-refractivity contribution in [2.45, 2.75) is 64.2 Å². The summed E-state index contributed by atoms with van der Waals surface area (Å²) in [5.74, 6) is -2.83. The maximum atomic E-state index is 13.6. The molecule has 1 aromatic heterocycles. The number of amides is 2. The fraction of sp³-hybridized carbons (Fsp3) is 0.455. The Kier molecular flexibility index (Phi) is 6.53. The Morgan fingerprint density at radius 2 is 1.80 bits per heavy atom. The van der Waals surface area contributed by atoms with Crippen molar-refractivity contribution in [3.63, 3.8) is 0 Å². The molecule has 2 amide bonds. The summed E-state index contributed by atoms with van der Waals surface area (Å²) < 4.78 is 46.1. The maximum Gasteiger partial charge on any atom is 0.471 e. The molecule has 1 N–H and O–H groups in total. The molecule has 162 valence electrons. The SMILES string of the molecule is Cc1cccc(N(C(=O)C(F)(F)F)[C@@H](C(=O)NC2CCCCC2)c2ccco2)c1C. The van der Waals surface area contributed by atoms with Gasteiger partial charge in [-0.2, -0.15) is 13.2 Å². The minimum absolute atomic E-state index is 0.0255. The number of benzene rings is 1. The fourth-order valence-corrected chi connectivity index (χ4v) is 3.85. The molecule has 1 heterocycles. The van der Waals surface area contributed by atoms with Gasteiger partial charge in [-0.1, -0.05) is 31.4 Å². The highest BCUT2D eigenvalue weighted by molar-refractivity contribution is 6.04. The second kappa shape index (κ2) is 8.93. The van der Waals surface area contributed by atoms with Crippen molar-refractivity contribution in [2.75, 3.05) is 4.90 Å². The van der Waals surface area contributed by atoms with E-state index < -0.39 is 24.0 Å². The first-order valence-corrected chi connectivity index (χ1v) is 10.0. The molecule has 0 radical (unpaired) electrons. The third-order valence-corrected chi connectivity index (χ3v) is 5.57. The molecule has 1 aliphatic carbocycles. The van der Waals surface area contributed by atoms with Gasteiger partial charge in [0.25, 0.3) is 5.91 Å². The molecule has 1 saturated carbocycles. The number of rotatable bonds is 5. The molecule has 0 unspecified atom stereocenters. The molecular formula is C22H25F3N2O3. The quantitative estimate of drug-likeness (QED) is 0.739. The first-order chi connectivity index (χ1) is 14.2. The topological polar surface area (TPSA) is 62.6 Å². The summed E-state index contributed by atoms with van der Waals surface area (Å²) in [6.07, 6.45) is 0.578. The van der Waals surface area contributed by atoms with Crippen LogP contribution >= 0.6 is 0 Å². The zero-order chi connectivity index (χ0) is 21.9. The van der Waals surface area contributed by atoms with Crippen molar-refractivity contribution >= 4 is 17.5 Å². The lowest BCUT2D eigenvalue weighted by molar-refractivity contribution is -0.171. The third kappa shape index (κ3) is 4.68. The van der Waals surface area contributed by atoms with Crippen LogP contribution in [0, 0.1) is 13.8 Å². The lowest BCUT2D eigenvalue weighted by Gasteiger charge is -2.33. The van der Waals surface area contributed by atoms with Gasteiger partial charge in [-0.25, -0.2) is 0 Å². The smallest absolute Gasteiger partial charge is 0.467 e. The number of furan rings is 1. The van der Waals surface area contributed by atoms with Gasteiger partial charge in [0.15, 0.2) is 6.04 Å². The fourth-order valence-electron chi connectivity index (χ4n) is 3.85. The molecule has 0 bridgehead atoms. The van der Waals surface area contributed by atoms with Crippen LogP contribution in [-0.2, 0) is 9.59 Å². The molecule has 1 atom stereocenters. The summed E-state index contributed by atoms with van der Waals surface area (Å²) in [6.45, 7) is 3.36. The highest BCUT2D eigenvalue weighted by Gasteiger charge is 2.48. The second-order valence-corrected chi connectivity index (χ2v) is 7.65. The lowest BCUT2D eigenvalue weighted by atomic mass is 9.95. The van der Waals surface area contributed by atoms with Crippen molar-refractivity contribution in [3.8, 4) is 0 Å². The van der Waals surface area contributed by atoms with Crippen molar-refractivity contribution < 1.29 is 27.2 Å². The lowest BCUT2D eigenvalue weighted by Crippen LogP contribution is -2.51. The Morgan fingerprint density at radius 1 is 1.10 bits per heavy atom. The Labute approximate surface area is 173 Å². The predicted molar refractivity (Wildman–Crippen MR) is 106 cm³/mol. The normalized spacial score (nSPS) is 16.2.